The molecule has 1 aromatic rings. The largest absolute Gasteiger partial charge is 0.478 e. The second kappa shape index (κ2) is 4.55. The van der Waals surface area contributed by atoms with E-state index < -0.39 is 11.9 Å². The topological polar surface area (TPSA) is 74.6 Å². The summed E-state index contributed by atoms with van der Waals surface area (Å²) in [6, 6.07) is 2.41. The standard InChI is InChI=1S/C9H7ClO4S/c1-15-7-3-4(8(11)12)6(10)2-5(7)9(13)14/h2-3H,1H3,(H,11,12)(H,13,14). The first-order chi connectivity index (χ1) is 6.97. The van der Waals surface area contributed by atoms with Gasteiger partial charge in [-0.05, 0) is 18.4 Å². The first-order valence-electron chi connectivity index (χ1n) is 3.81. The van der Waals surface area contributed by atoms with Crippen LogP contribution in [0.15, 0.2) is 17.0 Å². The number of carbonyl (C=O) groups is 2. The minimum absolute atomic E-state index is 0.0116. The number of aromatic carboxylic acids is 2. The van der Waals surface area contributed by atoms with Gasteiger partial charge in [-0.3, -0.25) is 0 Å². The van der Waals surface area contributed by atoms with Crippen LogP contribution in [0.2, 0.25) is 5.02 Å². The van der Waals surface area contributed by atoms with Crippen LogP contribution in [0.4, 0.5) is 0 Å². The molecule has 0 amide bonds. The SMILES string of the molecule is CSc1cc(C(=O)O)c(Cl)cc1C(=O)O. The van der Waals surface area contributed by atoms with E-state index >= 15 is 0 Å². The van der Waals surface area contributed by atoms with Gasteiger partial charge >= 0.3 is 11.9 Å². The van der Waals surface area contributed by atoms with Crippen LogP contribution in [0, 0.1) is 0 Å². The molecule has 0 heterocycles. The number of benzene rings is 1. The predicted molar refractivity (Wildman–Crippen MR) is 57.2 cm³/mol. The van der Waals surface area contributed by atoms with Crippen molar-refractivity contribution in [3.63, 3.8) is 0 Å². The van der Waals surface area contributed by atoms with Crippen molar-refractivity contribution >= 4 is 35.3 Å². The van der Waals surface area contributed by atoms with Crippen LogP contribution < -0.4 is 0 Å². The zero-order valence-electron chi connectivity index (χ0n) is 7.65. The number of thioether (sulfide) groups is 1. The fourth-order valence-corrected chi connectivity index (χ4v) is 1.90. The minimum atomic E-state index is -1.17. The number of rotatable bonds is 3. The van der Waals surface area contributed by atoms with Gasteiger partial charge in [0.1, 0.15) is 0 Å². The Bertz CT molecular complexity index is 430. The molecule has 15 heavy (non-hydrogen) atoms. The number of halogens is 1. The predicted octanol–water partition coefficient (Wildman–Crippen LogP) is 2.46. The van der Waals surface area contributed by atoms with Gasteiger partial charge in [0.05, 0.1) is 16.1 Å². The zero-order chi connectivity index (χ0) is 11.6. The molecule has 0 unspecified atom stereocenters. The number of carboxylic acid groups (broad SMARTS) is 2. The average molecular weight is 247 g/mol. The van der Waals surface area contributed by atoms with Gasteiger partial charge in [0.2, 0.25) is 0 Å². The molecule has 4 nitrogen and oxygen atoms in total. The van der Waals surface area contributed by atoms with E-state index in [2.05, 4.69) is 0 Å². The smallest absolute Gasteiger partial charge is 0.337 e. The Balaban J connectivity index is 3.42. The van der Waals surface area contributed by atoms with Crippen LogP contribution in [0.3, 0.4) is 0 Å². The molecule has 1 rings (SSSR count). The second-order valence-electron chi connectivity index (χ2n) is 2.64. The van der Waals surface area contributed by atoms with Crippen LogP contribution in [-0.4, -0.2) is 28.4 Å². The van der Waals surface area contributed by atoms with Gasteiger partial charge in [0.15, 0.2) is 0 Å². The van der Waals surface area contributed by atoms with E-state index in [1.165, 1.54) is 6.07 Å². The third kappa shape index (κ3) is 2.43. The third-order valence-electron chi connectivity index (χ3n) is 1.75. The van der Waals surface area contributed by atoms with E-state index in [0.29, 0.717) is 4.90 Å². The fraction of sp³-hybridized carbons (Fsp3) is 0.111. The molecule has 1 aromatic carbocycles. The van der Waals surface area contributed by atoms with Gasteiger partial charge in [-0.2, -0.15) is 0 Å². The molecule has 0 bridgehead atoms. The Labute approximate surface area is 94.9 Å². The molecule has 6 heteroatoms. The summed E-state index contributed by atoms with van der Waals surface area (Å²) in [4.78, 5) is 21.9. The van der Waals surface area contributed by atoms with Crippen molar-refractivity contribution in [2.24, 2.45) is 0 Å². The monoisotopic (exact) mass is 246 g/mol. The van der Waals surface area contributed by atoms with Gasteiger partial charge < -0.3 is 10.2 Å². The summed E-state index contributed by atoms with van der Waals surface area (Å²) in [7, 11) is 0. The summed E-state index contributed by atoms with van der Waals surface area (Å²) in [6.45, 7) is 0. The van der Waals surface area contributed by atoms with E-state index in [9.17, 15) is 9.59 Å². The molecule has 0 spiro atoms. The Morgan fingerprint density at radius 1 is 1.20 bits per heavy atom. The van der Waals surface area contributed by atoms with Crippen LogP contribution in [0.1, 0.15) is 20.7 Å². The second-order valence-corrected chi connectivity index (χ2v) is 3.90. The van der Waals surface area contributed by atoms with Crippen LogP contribution in [-0.2, 0) is 0 Å². The van der Waals surface area contributed by atoms with Crippen molar-refractivity contribution in [1.29, 1.82) is 0 Å². The normalized spacial score (nSPS) is 10.0. The maximum Gasteiger partial charge on any atom is 0.337 e. The van der Waals surface area contributed by atoms with Gasteiger partial charge in [0, 0.05) is 4.90 Å². The third-order valence-corrected chi connectivity index (χ3v) is 2.84. The summed E-state index contributed by atoms with van der Waals surface area (Å²) in [6.07, 6.45) is 1.67. The molecular weight excluding hydrogens is 240 g/mol. The number of hydrogen-bond donors (Lipinski definition) is 2. The molecule has 0 aliphatic heterocycles. The van der Waals surface area contributed by atoms with Crippen molar-refractivity contribution in [2.45, 2.75) is 4.90 Å². The van der Waals surface area contributed by atoms with Crippen molar-refractivity contribution < 1.29 is 19.8 Å². The molecule has 0 radical (unpaired) electrons. The van der Waals surface area contributed by atoms with Crippen LogP contribution >= 0.6 is 23.4 Å². The lowest BCUT2D eigenvalue weighted by Gasteiger charge is -2.06. The van der Waals surface area contributed by atoms with Crippen molar-refractivity contribution in [3.8, 4) is 0 Å². The van der Waals surface area contributed by atoms with Gasteiger partial charge in [-0.15, -0.1) is 11.8 Å². The van der Waals surface area contributed by atoms with Gasteiger partial charge in [-0.1, -0.05) is 11.6 Å². The Hall–Kier alpha value is -1.20. The zero-order valence-corrected chi connectivity index (χ0v) is 9.22. The molecule has 2 N–H and O–H groups in total. The quantitative estimate of drug-likeness (QED) is 0.802. The first-order valence-corrected chi connectivity index (χ1v) is 5.41. The highest BCUT2D eigenvalue weighted by Crippen LogP contribution is 2.27. The van der Waals surface area contributed by atoms with Crippen molar-refractivity contribution in [3.05, 3.63) is 28.3 Å². The van der Waals surface area contributed by atoms with Crippen LogP contribution in [0.5, 0.6) is 0 Å². The van der Waals surface area contributed by atoms with Crippen LogP contribution in [0.25, 0.3) is 0 Å². The molecule has 80 valence electrons. The first kappa shape index (κ1) is 11.9. The Kier molecular flexibility index (Phi) is 3.60. The minimum Gasteiger partial charge on any atom is -0.478 e. The fourth-order valence-electron chi connectivity index (χ4n) is 1.05. The van der Waals surface area contributed by atoms with E-state index in [4.69, 9.17) is 21.8 Å². The highest BCUT2D eigenvalue weighted by atomic mass is 35.5. The Morgan fingerprint density at radius 2 is 1.73 bits per heavy atom. The molecule has 0 saturated carbocycles. The number of hydrogen-bond acceptors (Lipinski definition) is 3. The van der Waals surface area contributed by atoms with E-state index in [-0.39, 0.29) is 16.1 Å². The Morgan fingerprint density at radius 3 is 2.13 bits per heavy atom. The molecule has 0 atom stereocenters. The molecular formula is C9H7ClO4S. The highest BCUT2D eigenvalue weighted by molar-refractivity contribution is 7.98. The lowest BCUT2D eigenvalue weighted by Crippen LogP contribution is -2.04. The average Bonchev–Trinajstić information content (AvgIpc) is 2.16. The molecule has 0 aliphatic carbocycles. The molecule has 0 fully saturated rings. The van der Waals surface area contributed by atoms with Gasteiger partial charge in [0.25, 0.3) is 0 Å². The lowest BCUT2D eigenvalue weighted by molar-refractivity contribution is 0.0678. The highest BCUT2D eigenvalue weighted by Gasteiger charge is 2.16. The molecule has 0 aromatic heterocycles. The maximum absolute atomic E-state index is 10.8. The number of carboxylic acids is 2. The lowest BCUT2D eigenvalue weighted by atomic mass is 10.1. The summed E-state index contributed by atoms with van der Waals surface area (Å²) in [5.41, 5.74) is -0.0801. The molecule has 0 saturated heterocycles. The van der Waals surface area contributed by atoms with E-state index in [1.807, 2.05) is 0 Å². The molecule has 0 aliphatic rings. The summed E-state index contributed by atoms with van der Waals surface area (Å²) in [5.74, 6) is -2.30. The van der Waals surface area contributed by atoms with Crippen molar-refractivity contribution in [2.75, 3.05) is 6.26 Å². The summed E-state index contributed by atoms with van der Waals surface area (Å²) in [5, 5.41) is 17.5. The van der Waals surface area contributed by atoms with E-state index in [1.54, 1.807) is 6.26 Å². The van der Waals surface area contributed by atoms with Crippen molar-refractivity contribution in [1.82, 2.24) is 0 Å². The maximum atomic E-state index is 10.8. The van der Waals surface area contributed by atoms with E-state index in [0.717, 1.165) is 17.8 Å². The summed E-state index contributed by atoms with van der Waals surface area (Å²) >= 11 is 6.81. The van der Waals surface area contributed by atoms with Gasteiger partial charge in [-0.25, -0.2) is 9.59 Å². The summed E-state index contributed by atoms with van der Waals surface area (Å²) < 4.78 is 0.